The number of benzene rings is 1. The molecule has 0 bridgehead atoms. The summed E-state index contributed by atoms with van der Waals surface area (Å²) in [5.41, 5.74) is 3.57. The first-order valence-corrected chi connectivity index (χ1v) is 8.62. The maximum absolute atomic E-state index is 4.52. The van der Waals surface area contributed by atoms with Crippen molar-refractivity contribution in [3.63, 3.8) is 0 Å². The Balaban J connectivity index is 1.37. The number of aryl methyl sites for hydroxylation is 2. The van der Waals surface area contributed by atoms with Gasteiger partial charge in [-0.05, 0) is 31.4 Å². The molecule has 1 aliphatic heterocycles. The van der Waals surface area contributed by atoms with Gasteiger partial charge in [-0.25, -0.2) is 9.67 Å². The van der Waals surface area contributed by atoms with Crippen LogP contribution in [0.1, 0.15) is 35.7 Å². The molecule has 3 aromatic rings. The highest BCUT2D eigenvalue weighted by Gasteiger charge is 2.20. The SMILES string of the molecule is Cc1ccccc1-n1cc(CNCC2CCCn3ccnc32)cn1. The van der Waals surface area contributed by atoms with Gasteiger partial charge in [0.25, 0.3) is 0 Å². The predicted molar refractivity (Wildman–Crippen MR) is 94.2 cm³/mol. The third kappa shape index (κ3) is 2.99. The Morgan fingerprint density at radius 3 is 3.12 bits per heavy atom. The number of hydrogen-bond donors (Lipinski definition) is 1. The third-order valence-corrected chi connectivity index (χ3v) is 4.78. The molecule has 1 N–H and O–H groups in total. The molecule has 0 fully saturated rings. The number of para-hydroxylation sites is 1. The fourth-order valence-electron chi connectivity index (χ4n) is 3.49. The molecule has 5 heteroatoms. The summed E-state index contributed by atoms with van der Waals surface area (Å²) in [4.78, 5) is 4.52. The van der Waals surface area contributed by atoms with E-state index in [0.717, 1.165) is 25.3 Å². The van der Waals surface area contributed by atoms with E-state index in [1.54, 1.807) is 0 Å². The summed E-state index contributed by atoms with van der Waals surface area (Å²) in [6.45, 7) is 5.02. The first kappa shape index (κ1) is 15.1. The minimum absolute atomic E-state index is 0.514. The minimum atomic E-state index is 0.514. The lowest BCUT2D eigenvalue weighted by molar-refractivity contribution is 0.423. The van der Waals surface area contributed by atoms with Crippen LogP contribution in [0, 0.1) is 6.92 Å². The summed E-state index contributed by atoms with van der Waals surface area (Å²) < 4.78 is 4.24. The number of hydrogen-bond acceptors (Lipinski definition) is 3. The van der Waals surface area contributed by atoms with Gasteiger partial charge in [-0.3, -0.25) is 0 Å². The average molecular weight is 321 g/mol. The lowest BCUT2D eigenvalue weighted by atomic mass is 9.99. The van der Waals surface area contributed by atoms with E-state index in [0.29, 0.717) is 5.92 Å². The fourth-order valence-corrected chi connectivity index (χ4v) is 3.49. The molecule has 0 aliphatic carbocycles. The number of fused-ring (bicyclic) bond motifs is 1. The highest BCUT2D eigenvalue weighted by atomic mass is 15.3. The van der Waals surface area contributed by atoms with E-state index in [2.05, 4.69) is 57.5 Å². The zero-order valence-corrected chi connectivity index (χ0v) is 14.0. The topological polar surface area (TPSA) is 47.7 Å². The van der Waals surface area contributed by atoms with Crippen LogP contribution in [-0.2, 0) is 13.1 Å². The number of nitrogens with one attached hydrogen (secondary N) is 1. The van der Waals surface area contributed by atoms with Crippen LogP contribution in [-0.4, -0.2) is 25.9 Å². The van der Waals surface area contributed by atoms with Gasteiger partial charge < -0.3 is 9.88 Å². The smallest absolute Gasteiger partial charge is 0.113 e. The first-order chi connectivity index (χ1) is 11.8. The molecule has 1 aromatic carbocycles. The summed E-state index contributed by atoms with van der Waals surface area (Å²) >= 11 is 0. The zero-order chi connectivity index (χ0) is 16.4. The van der Waals surface area contributed by atoms with E-state index in [4.69, 9.17) is 0 Å². The molecule has 5 nitrogen and oxygen atoms in total. The lowest BCUT2D eigenvalue weighted by Crippen LogP contribution is -2.26. The quantitative estimate of drug-likeness (QED) is 0.786. The van der Waals surface area contributed by atoms with E-state index in [-0.39, 0.29) is 0 Å². The molecular formula is C19H23N5. The van der Waals surface area contributed by atoms with Crippen LogP contribution in [0.25, 0.3) is 5.69 Å². The summed E-state index contributed by atoms with van der Waals surface area (Å²) in [5.74, 6) is 1.74. The van der Waals surface area contributed by atoms with Gasteiger partial charge in [-0.2, -0.15) is 5.10 Å². The Labute approximate surface area is 142 Å². The number of aromatic nitrogens is 4. The lowest BCUT2D eigenvalue weighted by Gasteiger charge is -2.23. The van der Waals surface area contributed by atoms with Gasteiger partial charge in [0.2, 0.25) is 0 Å². The van der Waals surface area contributed by atoms with Crippen molar-refractivity contribution in [3.8, 4) is 5.69 Å². The Kier molecular flexibility index (Phi) is 4.17. The number of rotatable bonds is 5. The predicted octanol–water partition coefficient (Wildman–Crippen LogP) is 3.04. The summed E-state index contributed by atoms with van der Waals surface area (Å²) in [6, 6.07) is 8.31. The highest BCUT2D eigenvalue weighted by molar-refractivity contribution is 5.39. The number of nitrogens with zero attached hydrogens (tertiary/aromatic N) is 4. The van der Waals surface area contributed by atoms with E-state index >= 15 is 0 Å². The van der Waals surface area contributed by atoms with Crippen LogP contribution in [0.3, 0.4) is 0 Å². The molecule has 0 radical (unpaired) electrons. The van der Waals surface area contributed by atoms with Crippen LogP contribution >= 0.6 is 0 Å². The van der Waals surface area contributed by atoms with Crippen molar-refractivity contribution in [3.05, 3.63) is 66.0 Å². The third-order valence-electron chi connectivity index (χ3n) is 4.78. The van der Waals surface area contributed by atoms with Crippen molar-refractivity contribution in [2.24, 2.45) is 0 Å². The largest absolute Gasteiger partial charge is 0.335 e. The van der Waals surface area contributed by atoms with Crippen molar-refractivity contribution >= 4 is 0 Å². The van der Waals surface area contributed by atoms with Crippen molar-refractivity contribution in [2.75, 3.05) is 6.54 Å². The van der Waals surface area contributed by atoms with Crippen LogP contribution in [0.4, 0.5) is 0 Å². The Bertz CT molecular complexity index is 817. The van der Waals surface area contributed by atoms with Gasteiger partial charge in [-0.1, -0.05) is 18.2 Å². The van der Waals surface area contributed by atoms with Crippen LogP contribution < -0.4 is 5.32 Å². The van der Waals surface area contributed by atoms with Crippen molar-refractivity contribution in [2.45, 2.75) is 38.8 Å². The van der Waals surface area contributed by atoms with Crippen molar-refractivity contribution < 1.29 is 0 Å². The normalized spacial score (nSPS) is 17.0. The first-order valence-electron chi connectivity index (χ1n) is 8.62. The second kappa shape index (κ2) is 6.61. The molecule has 1 atom stereocenters. The van der Waals surface area contributed by atoms with E-state index in [1.165, 1.54) is 29.8 Å². The highest BCUT2D eigenvalue weighted by Crippen LogP contribution is 2.24. The Morgan fingerprint density at radius 1 is 1.29 bits per heavy atom. The van der Waals surface area contributed by atoms with E-state index < -0.39 is 0 Å². The monoisotopic (exact) mass is 321 g/mol. The van der Waals surface area contributed by atoms with Gasteiger partial charge in [0, 0.05) is 49.7 Å². The van der Waals surface area contributed by atoms with Gasteiger partial charge in [0.05, 0.1) is 11.9 Å². The van der Waals surface area contributed by atoms with Gasteiger partial charge in [-0.15, -0.1) is 0 Å². The Morgan fingerprint density at radius 2 is 2.21 bits per heavy atom. The molecule has 0 spiro atoms. The second-order valence-corrected chi connectivity index (χ2v) is 6.53. The molecule has 0 saturated heterocycles. The molecular weight excluding hydrogens is 298 g/mol. The fraction of sp³-hybridized carbons (Fsp3) is 0.368. The maximum atomic E-state index is 4.52. The van der Waals surface area contributed by atoms with Crippen LogP contribution in [0.2, 0.25) is 0 Å². The molecule has 4 rings (SSSR count). The van der Waals surface area contributed by atoms with Crippen molar-refractivity contribution in [1.82, 2.24) is 24.6 Å². The molecule has 1 unspecified atom stereocenters. The summed E-state index contributed by atoms with van der Waals surface area (Å²) in [7, 11) is 0. The maximum Gasteiger partial charge on any atom is 0.113 e. The minimum Gasteiger partial charge on any atom is -0.335 e. The molecule has 3 heterocycles. The molecule has 124 valence electrons. The average Bonchev–Trinajstić information content (AvgIpc) is 3.25. The molecule has 0 saturated carbocycles. The molecule has 2 aromatic heterocycles. The van der Waals surface area contributed by atoms with Crippen LogP contribution in [0.15, 0.2) is 49.1 Å². The molecule has 1 aliphatic rings. The van der Waals surface area contributed by atoms with E-state index in [1.807, 2.05) is 23.1 Å². The summed E-state index contributed by atoms with van der Waals surface area (Å²) in [6.07, 6.45) is 10.5. The van der Waals surface area contributed by atoms with Crippen molar-refractivity contribution in [1.29, 1.82) is 0 Å². The van der Waals surface area contributed by atoms with Crippen LogP contribution in [0.5, 0.6) is 0 Å². The van der Waals surface area contributed by atoms with Gasteiger partial charge in [0.1, 0.15) is 5.82 Å². The van der Waals surface area contributed by atoms with Gasteiger partial charge in [0.15, 0.2) is 0 Å². The Hall–Kier alpha value is -2.40. The zero-order valence-electron chi connectivity index (χ0n) is 14.0. The molecule has 0 amide bonds. The number of imidazole rings is 1. The van der Waals surface area contributed by atoms with Gasteiger partial charge >= 0.3 is 0 Å². The summed E-state index contributed by atoms with van der Waals surface area (Å²) in [5, 5.41) is 8.08. The second-order valence-electron chi connectivity index (χ2n) is 6.53. The van der Waals surface area contributed by atoms with E-state index in [9.17, 15) is 0 Å². The standard InChI is InChI=1S/C19H23N5/c1-15-5-2-3-7-18(15)24-14-16(12-22-24)11-20-13-17-6-4-9-23-10-8-21-19(17)23/h2-3,5,7-8,10,12,14,17,20H,4,6,9,11,13H2,1H3. The molecule has 24 heavy (non-hydrogen) atoms.